The van der Waals surface area contributed by atoms with Crippen LogP contribution in [0.2, 0.25) is 0 Å². The van der Waals surface area contributed by atoms with Gasteiger partial charge in [0.1, 0.15) is 0 Å². The van der Waals surface area contributed by atoms with Crippen LogP contribution >= 0.6 is 0 Å². The summed E-state index contributed by atoms with van der Waals surface area (Å²) >= 11 is 0. The van der Waals surface area contributed by atoms with Crippen molar-refractivity contribution in [3.8, 4) is 0 Å². The highest BCUT2D eigenvalue weighted by molar-refractivity contribution is 5.86. The molecule has 2 aromatic rings. The number of fused-ring (bicyclic) bond motifs is 1. The van der Waals surface area contributed by atoms with E-state index in [1.165, 1.54) is 0 Å². The molecule has 0 atom stereocenters. The van der Waals surface area contributed by atoms with E-state index in [0.717, 1.165) is 16.5 Å². The van der Waals surface area contributed by atoms with E-state index in [2.05, 4.69) is 9.83 Å². The van der Waals surface area contributed by atoms with E-state index < -0.39 is 5.97 Å². The van der Waals surface area contributed by atoms with Gasteiger partial charge in [-0.15, -0.1) is 0 Å². The Morgan fingerprint density at radius 3 is 3.00 bits per heavy atom. The van der Waals surface area contributed by atoms with E-state index in [1.54, 1.807) is 6.07 Å². The summed E-state index contributed by atoms with van der Waals surface area (Å²) in [6.07, 6.45) is 3.40. The van der Waals surface area contributed by atoms with Gasteiger partial charge in [0.2, 0.25) is 0 Å². The van der Waals surface area contributed by atoms with E-state index in [9.17, 15) is 4.79 Å². The molecular formula is C13H12N2O2. The standard InChI is InChI=1S/C13H12N2O2/c1-14-10-5-6-12-11(7-10)9(8-15-12)3-2-4-13(16)17/h5-8,15H,2-4H2,(H,16,17). The molecule has 1 heterocycles. The van der Waals surface area contributed by atoms with Crippen LogP contribution in [0, 0.1) is 6.57 Å². The molecule has 0 amide bonds. The average molecular weight is 228 g/mol. The average Bonchev–Trinajstić information content (AvgIpc) is 2.71. The minimum Gasteiger partial charge on any atom is -0.481 e. The Morgan fingerprint density at radius 1 is 1.47 bits per heavy atom. The molecule has 0 bridgehead atoms. The lowest BCUT2D eigenvalue weighted by atomic mass is 10.1. The van der Waals surface area contributed by atoms with Gasteiger partial charge in [0, 0.05) is 18.1 Å². The third kappa shape index (κ3) is 2.45. The fourth-order valence-electron chi connectivity index (χ4n) is 1.87. The number of H-pyrrole nitrogens is 1. The Morgan fingerprint density at radius 2 is 2.29 bits per heavy atom. The monoisotopic (exact) mass is 228 g/mol. The van der Waals surface area contributed by atoms with Crippen molar-refractivity contribution >= 4 is 22.6 Å². The number of aryl methyl sites for hydroxylation is 1. The molecule has 2 rings (SSSR count). The first-order valence-electron chi connectivity index (χ1n) is 5.40. The van der Waals surface area contributed by atoms with Crippen molar-refractivity contribution < 1.29 is 9.90 Å². The smallest absolute Gasteiger partial charge is 0.303 e. The lowest BCUT2D eigenvalue weighted by Crippen LogP contribution is -1.95. The Labute approximate surface area is 98.7 Å². The number of carboxylic acid groups (broad SMARTS) is 1. The van der Waals surface area contributed by atoms with E-state index in [-0.39, 0.29) is 6.42 Å². The lowest BCUT2D eigenvalue weighted by Gasteiger charge is -1.98. The molecule has 1 aromatic carbocycles. The Kier molecular flexibility index (Phi) is 3.10. The van der Waals surface area contributed by atoms with E-state index in [0.29, 0.717) is 18.5 Å². The van der Waals surface area contributed by atoms with Gasteiger partial charge >= 0.3 is 5.97 Å². The van der Waals surface area contributed by atoms with Crippen molar-refractivity contribution in [3.63, 3.8) is 0 Å². The first-order valence-corrected chi connectivity index (χ1v) is 5.40. The second kappa shape index (κ2) is 4.71. The number of nitrogens with zero attached hydrogens (tertiary/aromatic N) is 1. The number of rotatable bonds is 4. The van der Waals surface area contributed by atoms with Crippen LogP contribution in [0.1, 0.15) is 18.4 Å². The number of aliphatic carboxylic acids is 1. The first kappa shape index (κ1) is 11.2. The van der Waals surface area contributed by atoms with E-state index >= 15 is 0 Å². The predicted molar refractivity (Wildman–Crippen MR) is 65.1 cm³/mol. The van der Waals surface area contributed by atoms with Crippen molar-refractivity contribution in [1.29, 1.82) is 0 Å². The van der Waals surface area contributed by atoms with Gasteiger partial charge in [-0.2, -0.15) is 0 Å². The van der Waals surface area contributed by atoms with Crippen molar-refractivity contribution in [1.82, 2.24) is 4.98 Å². The highest BCUT2D eigenvalue weighted by Gasteiger charge is 2.05. The van der Waals surface area contributed by atoms with Gasteiger partial charge in [-0.05, 0) is 35.9 Å². The summed E-state index contributed by atoms with van der Waals surface area (Å²) in [4.78, 5) is 17.0. The maximum atomic E-state index is 10.4. The topological polar surface area (TPSA) is 57.5 Å². The first-order chi connectivity index (χ1) is 8.20. The molecule has 0 saturated carbocycles. The van der Waals surface area contributed by atoms with Crippen molar-refractivity contribution in [3.05, 3.63) is 41.4 Å². The molecule has 0 spiro atoms. The van der Waals surface area contributed by atoms with Crippen LogP contribution in [-0.4, -0.2) is 16.1 Å². The summed E-state index contributed by atoms with van der Waals surface area (Å²) in [6.45, 7) is 6.97. The van der Waals surface area contributed by atoms with E-state index in [4.69, 9.17) is 11.7 Å². The number of nitrogens with one attached hydrogen (secondary N) is 1. The van der Waals surface area contributed by atoms with Crippen LogP contribution in [-0.2, 0) is 11.2 Å². The predicted octanol–water partition coefficient (Wildman–Crippen LogP) is 3.13. The molecule has 4 heteroatoms. The van der Waals surface area contributed by atoms with Crippen molar-refractivity contribution in [2.75, 3.05) is 0 Å². The second-order valence-electron chi connectivity index (χ2n) is 3.90. The highest BCUT2D eigenvalue weighted by Crippen LogP contribution is 2.25. The van der Waals surface area contributed by atoms with E-state index in [1.807, 2.05) is 18.3 Å². The second-order valence-corrected chi connectivity index (χ2v) is 3.90. The molecule has 0 saturated heterocycles. The number of carboxylic acids is 1. The maximum absolute atomic E-state index is 10.4. The minimum absolute atomic E-state index is 0.176. The van der Waals surface area contributed by atoms with Crippen LogP contribution < -0.4 is 0 Å². The number of benzene rings is 1. The number of hydrogen-bond donors (Lipinski definition) is 2. The summed E-state index contributed by atoms with van der Waals surface area (Å²) < 4.78 is 0. The van der Waals surface area contributed by atoms with Gasteiger partial charge in [0.25, 0.3) is 0 Å². The zero-order chi connectivity index (χ0) is 12.3. The number of carbonyl (C=O) groups is 1. The molecule has 17 heavy (non-hydrogen) atoms. The largest absolute Gasteiger partial charge is 0.481 e. The van der Waals surface area contributed by atoms with Crippen LogP contribution in [0.25, 0.3) is 15.7 Å². The van der Waals surface area contributed by atoms with Gasteiger partial charge in [-0.1, -0.05) is 6.07 Å². The Hall–Kier alpha value is -2.28. The number of aromatic nitrogens is 1. The summed E-state index contributed by atoms with van der Waals surface area (Å²) in [5.41, 5.74) is 2.67. The molecule has 0 aliphatic rings. The third-order valence-electron chi connectivity index (χ3n) is 2.72. The number of aromatic amines is 1. The molecular weight excluding hydrogens is 216 g/mol. The molecule has 1 aromatic heterocycles. The summed E-state index contributed by atoms with van der Waals surface area (Å²) in [5.74, 6) is -0.772. The quantitative estimate of drug-likeness (QED) is 0.790. The maximum Gasteiger partial charge on any atom is 0.303 e. The van der Waals surface area contributed by atoms with Crippen molar-refractivity contribution in [2.45, 2.75) is 19.3 Å². The van der Waals surface area contributed by atoms with Crippen molar-refractivity contribution in [2.24, 2.45) is 0 Å². The normalized spacial score (nSPS) is 10.3. The molecule has 4 nitrogen and oxygen atoms in total. The Bertz CT molecular complexity index is 593. The van der Waals surface area contributed by atoms with Gasteiger partial charge in [0.15, 0.2) is 5.69 Å². The zero-order valence-electron chi connectivity index (χ0n) is 9.23. The third-order valence-corrected chi connectivity index (χ3v) is 2.72. The van der Waals surface area contributed by atoms with Gasteiger partial charge in [-0.25, -0.2) is 4.85 Å². The molecule has 0 unspecified atom stereocenters. The highest BCUT2D eigenvalue weighted by atomic mass is 16.4. The lowest BCUT2D eigenvalue weighted by molar-refractivity contribution is -0.137. The minimum atomic E-state index is -0.772. The summed E-state index contributed by atoms with van der Waals surface area (Å²) in [7, 11) is 0. The zero-order valence-corrected chi connectivity index (χ0v) is 9.23. The molecule has 86 valence electrons. The molecule has 0 aliphatic carbocycles. The van der Waals surface area contributed by atoms with Crippen LogP contribution in [0.15, 0.2) is 24.4 Å². The van der Waals surface area contributed by atoms with Gasteiger partial charge < -0.3 is 10.1 Å². The molecule has 0 radical (unpaired) electrons. The van der Waals surface area contributed by atoms with Gasteiger partial charge in [-0.3, -0.25) is 4.79 Å². The van der Waals surface area contributed by atoms with Crippen LogP contribution in [0.3, 0.4) is 0 Å². The van der Waals surface area contributed by atoms with Gasteiger partial charge in [0.05, 0.1) is 6.57 Å². The molecule has 2 N–H and O–H groups in total. The Balaban J connectivity index is 2.22. The fourth-order valence-corrected chi connectivity index (χ4v) is 1.87. The van der Waals surface area contributed by atoms with Crippen LogP contribution in [0.4, 0.5) is 5.69 Å². The number of hydrogen-bond acceptors (Lipinski definition) is 1. The molecule has 0 aliphatic heterocycles. The summed E-state index contributed by atoms with van der Waals surface area (Å²) in [6, 6.07) is 5.49. The van der Waals surface area contributed by atoms with Crippen LogP contribution in [0.5, 0.6) is 0 Å². The summed E-state index contributed by atoms with van der Waals surface area (Å²) in [5, 5.41) is 9.61. The fraction of sp³-hybridized carbons (Fsp3) is 0.231. The SMILES string of the molecule is [C-]#[N+]c1ccc2[nH]cc(CCCC(=O)O)c2c1. The molecule has 0 fully saturated rings.